The summed E-state index contributed by atoms with van der Waals surface area (Å²) in [5, 5.41) is 19.3. The predicted molar refractivity (Wildman–Crippen MR) is 104 cm³/mol. The summed E-state index contributed by atoms with van der Waals surface area (Å²) >= 11 is 7.07. The Morgan fingerprint density at radius 1 is 1.38 bits per heavy atom. The maximum Gasteiger partial charge on any atom is 0.165 e. The molecule has 0 saturated carbocycles. The van der Waals surface area contributed by atoms with Gasteiger partial charge in [0.15, 0.2) is 11.6 Å². The number of aromatic nitrogens is 1. The van der Waals surface area contributed by atoms with E-state index in [1.54, 1.807) is 31.3 Å². The number of nitrogens with one attached hydrogen (secondary N) is 3. The maximum atomic E-state index is 13.8. The van der Waals surface area contributed by atoms with Crippen LogP contribution in [0.2, 0.25) is 0 Å². The third kappa shape index (κ3) is 3.45. The zero-order valence-corrected chi connectivity index (χ0v) is 15.7. The maximum absolute atomic E-state index is 13.8. The number of rotatable bonds is 5. The molecule has 5 nitrogen and oxygen atoms in total. The highest BCUT2D eigenvalue weighted by molar-refractivity contribution is 8.15. The largest absolute Gasteiger partial charge is 0.494 e. The molecule has 3 N–H and O–H groups in total. The van der Waals surface area contributed by atoms with Crippen LogP contribution in [0, 0.1) is 16.6 Å². The van der Waals surface area contributed by atoms with Gasteiger partial charge < -0.3 is 10.1 Å². The minimum absolute atomic E-state index is 0.0850. The molecule has 0 unspecified atom stereocenters. The molecule has 1 aliphatic rings. The van der Waals surface area contributed by atoms with Crippen LogP contribution < -0.4 is 10.1 Å². The quantitative estimate of drug-likeness (QED) is 0.633. The number of anilines is 1. The van der Waals surface area contributed by atoms with Gasteiger partial charge in [-0.2, -0.15) is 0 Å². The van der Waals surface area contributed by atoms with E-state index in [1.807, 2.05) is 0 Å². The first-order valence-corrected chi connectivity index (χ1v) is 8.89. The number of ether oxygens (including phenoxy) is 1. The number of thioether (sulfide) groups is 1. The molecule has 26 heavy (non-hydrogen) atoms. The molecule has 1 aromatic carbocycles. The molecular weight excluding hydrogens is 375 g/mol. The van der Waals surface area contributed by atoms with Crippen molar-refractivity contribution < 1.29 is 9.13 Å². The number of fused-ring (bicyclic) bond motifs is 1. The Hall–Kier alpha value is -2.38. The second kappa shape index (κ2) is 7.47. The second-order valence-electron chi connectivity index (χ2n) is 5.60. The molecule has 134 valence electrons. The normalized spacial score (nSPS) is 14.8. The Morgan fingerprint density at radius 3 is 2.81 bits per heavy atom. The molecule has 0 radical (unpaired) electrons. The molecule has 8 heteroatoms. The van der Waals surface area contributed by atoms with Crippen LogP contribution in [0.5, 0.6) is 5.75 Å². The van der Waals surface area contributed by atoms with Crippen LogP contribution in [-0.2, 0) is 6.54 Å². The summed E-state index contributed by atoms with van der Waals surface area (Å²) in [6, 6.07) is 6.57. The Kier molecular flexibility index (Phi) is 5.29. The van der Waals surface area contributed by atoms with E-state index in [0.717, 1.165) is 16.0 Å². The summed E-state index contributed by atoms with van der Waals surface area (Å²) in [6.45, 7) is 2.10. The summed E-state index contributed by atoms with van der Waals surface area (Å²) in [7, 11) is 1.42. The summed E-state index contributed by atoms with van der Waals surface area (Å²) < 4.78 is 18.7. The van der Waals surface area contributed by atoms with Crippen molar-refractivity contribution in [3.05, 3.63) is 53.0 Å². The fourth-order valence-electron chi connectivity index (χ4n) is 2.64. The van der Waals surface area contributed by atoms with Gasteiger partial charge in [0.2, 0.25) is 0 Å². The summed E-state index contributed by atoms with van der Waals surface area (Å²) in [5.41, 5.74) is 2.76. The van der Waals surface area contributed by atoms with Crippen molar-refractivity contribution in [2.45, 2.75) is 18.4 Å². The second-order valence-corrected chi connectivity index (χ2v) is 7.00. The predicted octanol–water partition coefficient (Wildman–Crippen LogP) is 4.91. The Morgan fingerprint density at radius 2 is 2.15 bits per heavy atom. The van der Waals surface area contributed by atoms with Crippen molar-refractivity contribution in [1.82, 2.24) is 4.98 Å². The first kappa shape index (κ1) is 18.4. The van der Waals surface area contributed by atoms with Crippen LogP contribution in [0.15, 0.2) is 40.9 Å². The lowest BCUT2D eigenvalue weighted by Gasteiger charge is -2.10. The number of hydrogen-bond donors (Lipinski definition) is 3. The Balaban J connectivity index is 1.88. The zero-order valence-electron chi connectivity index (χ0n) is 14.1. The van der Waals surface area contributed by atoms with Crippen molar-refractivity contribution in [2.24, 2.45) is 0 Å². The standard InChI is InChI=1S/C18H16ClFN4OS/c1-9(16(19)21)14-11-5-6-23-18(15(11)26-17(14)22)24-8-10-3-4-13(25-2)12(20)7-10/h3-7,21-22H,8H2,1-2H3,(H,23,24)/b14-9-,21-16?,22-17?. The minimum Gasteiger partial charge on any atom is -0.494 e. The molecule has 0 fully saturated rings. The van der Waals surface area contributed by atoms with Crippen LogP contribution in [-0.4, -0.2) is 22.3 Å². The third-order valence-corrected chi connectivity index (χ3v) is 5.29. The highest BCUT2D eigenvalue weighted by Crippen LogP contribution is 2.45. The van der Waals surface area contributed by atoms with Crippen LogP contribution in [0.25, 0.3) is 5.57 Å². The molecule has 2 heterocycles. The van der Waals surface area contributed by atoms with E-state index < -0.39 is 5.82 Å². The first-order valence-electron chi connectivity index (χ1n) is 7.70. The lowest BCUT2D eigenvalue weighted by atomic mass is 10.0. The van der Waals surface area contributed by atoms with E-state index in [1.165, 1.54) is 24.9 Å². The van der Waals surface area contributed by atoms with Crippen LogP contribution >= 0.6 is 23.4 Å². The van der Waals surface area contributed by atoms with Crippen molar-refractivity contribution in [2.75, 3.05) is 12.4 Å². The molecule has 0 saturated heterocycles. The lowest BCUT2D eigenvalue weighted by molar-refractivity contribution is 0.386. The fraction of sp³-hybridized carbons (Fsp3) is 0.167. The number of pyridine rings is 1. The SMILES string of the molecule is COc1ccc(CNc2nccc3c2SC(=N)/C3=C(/C)C(=N)Cl)cc1F. The highest BCUT2D eigenvalue weighted by Gasteiger charge is 2.28. The molecule has 1 aliphatic heterocycles. The number of allylic oxidation sites excluding steroid dienone is 1. The molecule has 1 aromatic heterocycles. The van der Waals surface area contributed by atoms with E-state index >= 15 is 0 Å². The molecule has 3 rings (SSSR count). The van der Waals surface area contributed by atoms with Crippen molar-refractivity contribution in [3.63, 3.8) is 0 Å². The van der Waals surface area contributed by atoms with Gasteiger partial charge in [-0.15, -0.1) is 0 Å². The molecular formula is C18H16ClFN4OS. The molecule has 0 spiro atoms. The Labute approximate surface area is 159 Å². The monoisotopic (exact) mass is 390 g/mol. The van der Waals surface area contributed by atoms with Gasteiger partial charge in [-0.1, -0.05) is 29.4 Å². The van der Waals surface area contributed by atoms with Crippen molar-refractivity contribution in [1.29, 1.82) is 10.8 Å². The number of nitrogens with zero attached hydrogens (tertiary/aromatic N) is 1. The fourth-order valence-corrected chi connectivity index (χ4v) is 3.80. The highest BCUT2D eigenvalue weighted by atomic mass is 35.5. The lowest BCUT2D eigenvalue weighted by Crippen LogP contribution is -2.04. The average molecular weight is 391 g/mol. The van der Waals surface area contributed by atoms with Crippen molar-refractivity contribution >= 4 is 45.0 Å². The van der Waals surface area contributed by atoms with Gasteiger partial charge in [0, 0.05) is 23.9 Å². The molecule has 2 aromatic rings. The van der Waals surface area contributed by atoms with Crippen LogP contribution in [0.4, 0.5) is 10.2 Å². The van der Waals surface area contributed by atoms with Gasteiger partial charge in [-0.3, -0.25) is 10.8 Å². The molecule has 0 atom stereocenters. The molecule has 0 aliphatic carbocycles. The topological polar surface area (TPSA) is 81.8 Å². The zero-order chi connectivity index (χ0) is 18.8. The molecule has 0 bridgehead atoms. The minimum atomic E-state index is -0.421. The number of benzene rings is 1. The van der Waals surface area contributed by atoms with E-state index in [-0.39, 0.29) is 10.9 Å². The average Bonchev–Trinajstić information content (AvgIpc) is 2.95. The summed E-state index contributed by atoms with van der Waals surface area (Å²) in [4.78, 5) is 5.14. The van der Waals surface area contributed by atoms with E-state index in [0.29, 0.717) is 28.6 Å². The van der Waals surface area contributed by atoms with E-state index in [2.05, 4.69) is 10.3 Å². The number of hydrogen-bond acceptors (Lipinski definition) is 6. The van der Waals surface area contributed by atoms with Gasteiger partial charge in [0.1, 0.15) is 16.0 Å². The van der Waals surface area contributed by atoms with Gasteiger partial charge >= 0.3 is 0 Å². The van der Waals surface area contributed by atoms with Crippen LogP contribution in [0.1, 0.15) is 18.1 Å². The Bertz CT molecular complexity index is 945. The van der Waals surface area contributed by atoms with Gasteiger partial charge in [0.25, 0.3) is 0 Å². The smallest absolute Gasteiger partial charge is 0.165 e. The first-order chi connectivity index (χ1) is 12.4. The van der Waals surface area contributed by atoms with E-state index in [9.17, 15) is 4.39 Å². The van der Waals surface area contributed by atoms with Gasteiger partial charge in [-0.05, 0) is 36.3 Å². The summed E-state index contributed by atoms with van der Waals surface area (Å²) in [6.07, 6.45) is 1.64. The number of halogens is 2. The van der Waals surface area contributed by atoms with Crippen LogP contribution in [0.3, 0.4) is 0 Å². The van der Waals surface area contributed by atoms with E-state index in [4.69, 9.17) is 27.2 Å². The van der Waals surface area contributed by atoms with Crippen molar-refractivity contribution in [3.8, 4) is 5.75 Å². The van der Waals surface area contributed by atoms with Gasteiger partial charge in [0.05, 0.1) is 12.0 Å². The van der Waals surface area contributed by atoms with Gasteiger partial charge in [-0.25, -0.2) is 9.37 Å². The molecule has 0 amide bonds. The summed E-state index contributed by atoms with van der Waals surface area (Å²) in [5.74, 6) is 0.387. The third-order valence-electron chi connectivity index (χ3n) is 3.99. The number of methoxy groups -OCH3 is 1.